The Morgan fingerprint density at radius 3 is 2.58 bits per heavy atom. The van der Waals surface area contributed by atoms with E-state index in [0.717, 1.165) is 44.9 Å². The van der Waals surface area contributed by atoms with Crippen LogP contribution in [0.3, 0.4) is 0 Å². The number of aromatic nitrogens is 2. The zero-order valence-electron chi connectivity index (χ0n) is 20.1. The number of amides is 3. The van der Waals surface area contributed by atoms with Crippen molar-refractivity contribution in [3.05, 3.63) is 97.5 Å². The number of nitrogens with one attached hydrogen (secondary N) is 1. The molecule has 0 aliphatic carbocycles. The minimum atomic E-state index is -0.620. The number of imide groups is 1. The first-order valence-corrected chi connectivity index (χ1v) is 13.8. The second-order valence-electron chi connectivity index (χ2n) is 9.39. The highest BCUT2D eigenvalue weighted by Crippen LogP contribution is 2.38. The molecule has 1 N–H and O–H groups in total. The fraction of sp³-hybridized carbons (Fsp3) is 0.214. The van der Waals surface area contributed by atoms with Crippen molar-refractivity contribution in [2.24, 2.45) is 0 Å². The highest BCUT2D eigenvalue weighted by Gasteiger charge is 2.37. The van der Waals surface area contributed by atoms with E-state index in [0.29, 0.717) is 21.6 Å². The molecule has 3 amide bonds. The molecule has 192 valence electrons. The average Bonchev–Trinajstić information content (AvgIpc) is 3.51. The third kappa shape index (κ3) is 4.48. The number of fused-ring (bicyclic) bond motifs is 4. The lowest BCUT2D eigenvalue weighted by Crippen LogP contribution is -2.46. The topological polar surface area (TPSA) is 84.3 Å². The summed E-state index contributed by atoms with van der Waals surface area (Å²) in [5, 5.41) is 7.46. The van der Waals surface area contributed by atoms with Crippen molar-refractivity contribution in [3.8, 4) is 11.3 Å². The maximum Gasteiger partial charge on any atom is 0.261 e. The SMILES string of the molecule is O=C(NC(Cc1cccc(F)c1)CN1C(=O)c2ccccc2C1=O)c1cc2c(s1)CCCn1ncc(Br)c1-2. The van der Waals surface area contributed by atoms with Crippen LogP contribution in [0.5, 0.6) is 0 Å². The van der Waals surface area contributed by atoms with Gasteiger partial charge in [-0.05, 0) is 71.1 Å². The summed E-state index contributed by atoms with van der Waals surface area (Å²) in [4.78, 5) is 42.3. The molecule has 10 heteroatoms. The Morgan fingerprint density at radius 1 is 1.08 bits per heavy atom. The first-order valence-electron chi connectivity index (χ1n) is 12.2. The van der Waals surface area contributed by atoms with E-state index in [1.165, 1.54) is 23.5 Å². The average molecular weight is 593 g/mol. The Bertz CT molecular complexity index is 1560. The lowest BCUT2D eigenvalue weighted by molar-refractivity contribution is 0.0629. The Hall–Kier alpha value is -3.63. The molecule has 2 aromatic carbocycles. The molecular formula is C28H22BrFN4O3S. The fourth-order valence-electron chi connectivity index (χ4n) is 5.11. The first kappa shape index (κ1) is 24.7. The van der Waals surface area contributed by atoms with Crippen molar-refractivity contribution in [3.63, 3.8) is 0 Å². The number of halogens is 2. The van der Waals surface area contributed by atoms with Gasteiger partial charge in [-0.3, -0.25) is 24.0 Å². The van der Waals surface area contributed by atoms with E-state index in [1.807, 2.05) is 10.7 Å². The van der Waals surface area contributed by atoms with Gasteiger partial charge in [0.15, 0.2) is 0 Å². The molecule has 2 aromatic heterocycles. The Kier molecular flexibility index (Phi) is 6.45. The third-order valence-corrected chi connectivity index (χ3v) is 8.62. The lowest BCUT2D eigenvalue weighted by atomic mass is 10.0. The molecule has 4 heterocycles. The standard InChI is InChI=1S/C28H22BrFN4O3S/c29-22-14-31-34-10-4-9-23-21(25(22)34)13-24(38-23)26(35)32-18(12-16-5-3-6-17(30)11-16)15-33-27(36)19-7-1-2-8-20(19)28(33)37/h1-3,5-8,11,13-14,18H,4,9-10,12,15H2,(H,32,35). The molecule has 0 spiro atoms. The fourth-order valence-corrected chi connectivity index (χ4v) is 6.72. The van der Waals surface area contributed by atoms with Crippen LogP contribution in [-0.4, -0.2) is 45.0 Å². The zero-order chi connectivity index (χ0) is 26.4. The van der Waals surface area contributed by atoms with Crippen LogP contribution in [0.15, 0.2) is 65.3 Å². The molecule has 0 bridgehead atoms. The summed E-state index contributed by atoms with van der Waals surface area (Å²) < 4.78 is 16.7. The number of benzene rings is 2. The normalized spacial score (nSPS) is 15.1. The Balaban J connectivity index is 1.28. The van der Waals surface area contributed by atoms with Crippen molar-refractivity contribution < 1.29 is 18.8 Å². The number of carbonyl (C=O) groups is 3. The summed E-state index contributed by atoms with van der Waals surface area (Å²) in [6, 6.07) is 14.0. The van der Waals surface area contributed by atoms with Crippen LogP contribution < -0.4 is 5.32 Å². The molecule has 7 nitrogen and oxygen atoms in total. The van der Waals surface area contributed by atoms with E-state index in [2.05, 4.69) is 26.3 Å². The summed E-state index contributed by atoms with van der Waals surface area (Å²) in [5.74, 6) is -1.49. The molecule has 38 heavy (non-hydrogen) atoms. The summed E-state index contributed by atoms with van der Waals surface area (Å²) in [5.41, 5.74) is 3.27. The molecule has 2 aliphatic heterocycles. The number of hydrogen-bond acceptors (Lipinski definition) is 5. The van der Waals surface area contributed by atoms with E-state index in [-0.39, 0.29) is 18.9 Å². The van der Waals surface area contributed by atoms with Crippen LogP contribution in [0.25, 0.3) is 11.3 Å². The van der Waals surface area contributed by atoms with Gasteiger partial charge in [0.1, 0.15) is 5.82 Å². The molecule has 0 radical (unpaired) electrons. The van der Waals surface area contributed by atoms with Gasteiger partial charge in [0.25, 0.3) is 17.7 Å². The van der Waals surface area contributed by atoms with Crippen LogP contribution in [-0.2, 0) is 19.4 Å². The van der Waals surface area contributed by atoms with E-state index >= 15 is 0 Å². The van der Waals surface area contributed by atoms with Crippen LogP contribution in [0.2, 0.25) is 0 Å². The molecule has 1 atom stereocenters. The summed E-state index contributed by atoms with van der Waals surface area (Å²) in [7, 11) is 0. The number of nitrogens with zero attached hydrogens (tertiary/aromatic N) is 3. The Morgan fingerprint density at radius 2 is 1.84 bits per heavy atom. The molecule has 1 unspecified atom stereocenters. The van der Waals surface area contributed by atoms with Gasteiger partial charge in [-0.2, -0.15) is 5.10 Å². The van der Waals surface area contributed by atoms with E-state index in [4.69, 9.17) is 0 Å². The minimum Gasteiger partial charge on any atom is -0.346 e. The highest BCUT2D eigenvalue weighted by atomic mass is 79.9. The van der Waals surface area contributed by atoms with Gasteiger partial charge in [0.05, 0.1) is 38.4 Å². The summed E-state index contributed by atoms with van der Waals surface area (Å²) in [6.07, 6.45) is 3.77. The summed E-state index contributed by atoms with van der Waals surface area (Å²) in [6.45, 7) is 0.776. The maximum absolute atomic E-state index is 13.9. The zero-order valence-corrected chi connectivity index (χ0v) is 22.5. The van der Waals surface area contributed by atoms with Gasteiger partial charge in [-0.15, -0.1) is 11.3 Å². The molecule has 0 saturated heterocycles. The van der Waals surface area contributed by atoms with E-state index in [1.54, 1.807) is 42.6 Å². The van der Waals surface area contributed by atoms with Gasteiger partial charge in [-0.25, -0.2) is 4.39 Å². The lowest BCUT2D eigenvalue weighted by Gasteiger charge is -2.24. The van der Waals surface area contributed by atoms with Crippen molar-refractivity contribution in [1.29, 1.82) is 0 Å². The quantitative estimate of drug-likeness (QED) is 0.316. The molecule has 4 aromatic rings. The summed E-state index contributed by atoms with van der Waals surface area (Å²) >= 11 is 5.01. The molecule has 6 rings (SSSR count). The first-order chi connectivity index (χ1) is 18.4. The third-order valence-electron chi connectivity index (χ3n) is 6.84. The van der Waals surface area contributed by atoms with Crippen molar-refractivity contribution >= 4 is 45.0 Å². The van der Waals surface area contributed by atoms with E-state index in [9.17, 15) is 18.8 Å². The number of carbonyl (C=O) groups excluding carboxylic acids is 3. The Labute approximate surface area is 230 Å². The molecule has 0 saturated carbocycles. The molecule has 2 aliphatic rings. The largest absolute Gasteiger partial charge is 0.346 e. The minimum absolute atomic E-state index is 0.0298. The highest BCUT2D eigenvalue weighted by molar-refractivity contribution is 9.10. The van der Waals surface area contributed by atoms with Gasteiger partial charge in [0, 0.05) is 23.5 Å². The second kappa shape index (κ2) is 9.92. The molecule has 0 fully saturated rings. The van der Waals surface area contributed by atoms with Gasteiger partial charge in [0.2, 0.25) is 0 Å². The van der Waals surface area contributed by atoms with Gasteiger partial charge >= 0.3 is 0 Å². The van der Waals surface area contributed by atoms with Crippen LogP contribution in [0.4, 0.5) is 4.39 Å². The van der Waals surface area contributed by atoms with Gasteiger partial charge < -0.3 is 5.32 Å². The van der Waals surface area contributed by atoms with Crippen LogP contribution in [0.1, 0.15) is 47.2 Å². The molecular weight excluding hydrogens is 571 g/mol. The van der Waals surface area contributed by atoms with Crippen molar-refractivity contribution in [1.82, 2.24) is 20.0 Å². The number of aryl methyl sites for hydroxylation is 2. The van der Waals surface area contributed by atoms with Crippen molar-refractivity contribution in [2.75, 3.05) is 6.54 Å². The second-order valence-corrected chi connectivity index (χ2v) is 11.4. The number of hydrogen-bond donors (Lipinski definition) is 1. The smallest absolute Gasteiger partial charge is 0.261 e. The monoisotopic (exact) mass is 592 g/mol. The number of thiophene rings is 1. The maximum atomic E-state index is 13.9. The van der Waals surface area contributed by atoms with Gasteiger partial charge in [-0.1, -0.05) is 24.3 Å². The number of rotatable bonds is 6. The predicted molar refractivity (Wildman–Crippen MR) is 145 cm³/mol. The van der Waals surface area contributed by atoms with Crippen LogP contribution >= 0.6 is 27.3 Å². The van der Waals surface area contributed by atoms with E-state index < -0.39 is 23.7 Å². The van der Waals surface area contributed by atoms with Crippen LogP contribution in [0, 0.1) is 5.82 Å². The van der Waals surface area contributed by atoms with Crippen molar-refractivity contribution in [2.45, 2.75) is 31.8 Å². The predicted octanol–water partition coefficient (Wildman–Crippen LogP) is 5.10.